The normalized spacial score (nSPS) is 11.4. The van der Waals surface area contributed by atoms with Crippen molar-refractivity contribution in [2.75, 3.05) is 17.2 Å². The molecular formula is C48H45Br2Cl2N9O4. The van der Waals surface area contributed by atoms with Crippen LogP contribution in [0.2, 0.25) is 10.6 Å². The number of nitrogens with one attached hydrogen (secondary N) is 3. The van der Waals surface area contributed by atoms with Crippen molar-refractivity contribution >= 4 is 130 Å². The summed E-state index contributed by atoms with van der Waals surface area (Å²) in [5.41, 5.74) is 8.86. The smallest absolute Gasteiger partial charge is 0.371 e. The monoisotopic (exact) mass is 1040 g/mol. The number of ketones is 1. The predicted octanol–water partition coefficient (Wildman–Crippen LogP) is 14.1. The van der Waals surface area contributed by atoms with Crippen LogP contribution in [0.4, 0.5) is 23.0 Å². The molecule has 10 rings (SSSR count). The number of carbonyl (C=O) groups excluding carboxylic acids is 1. The van der Waals surface area contributed by atoms with Crippen LogP contribution in [0, 0.1) is 0 Å². The third-order valence-corrected chi connectivity index (χ3v) is 10.3. The zero-order valence-corrected chi connectivity index (χ0v) is 37.2. The van der Waals surface area contributed by atoms with E-state index in [-0.39, 0.29) is 44.4 Å². The Labute approximate surface area is 403 Å². The Morgan fingerprint density at radius 2 is 1.35 bits per heavy atom. The Balaban J connectivity index is 0.000000189. The molecule has 0 aliphatic carbocycles. The fourth-order valence-corrected chi connectivity index (χ4v) is 6.97. The number of hydrogen-bond acceptors (Lipinski definition) is 11. The van der Waals surface area contributed by atoms with E-state index in [0.29, 0.717) is 22.9 Å². The first-order valence-corrected chi connectivity index (χ1v) is 21.0. The molecule has 4 aromatic heterocycles. The van der Waals surface area contributed by atoms with Gasteiger partial charge in [-0.05, 0) is 124 Å². The molecule has 0 spiro atoms. The highest BCUT2D eigenvalue weighted by molar-refractivity contribution is 9.10. The van der Waals surface area contributed by atoms with Gasteiger partial charge in [0, 0.05) is 68.4 Å². The summed E-state index contributed by atoms with van der Waals surface area (Å²) in [5.74, 6) is 0.335. The fourth-order valence-electron chi connectivity index (χ4n) is 5.98. The average Bonchev–Trinajstić information content (AvgIpc) is 4.09. The summed E-state index contributed by atoms with van der Waals surface area (Å²) in [6.45, 7) is 3.10. The van der Waals surface area contributed by atoms with Crippen LogP contribution < -0.4 is 10.6 Å². The highest BCUT2D eigenvalue weighted by Gasteiger charge is 2.11. The van der Waals surface area contributed by atoms with Gasteiger partial charge in [-0.1, -0.05) is 84.5 Å². The number of aliphatic imine (C=N–C) groups is 2. The molecule has 334 valence electrons. The molecule has 0 saturated heterocycles. The standard InChI is InChI=1S/C14H11ClN4.C12H9ClN4.C10H8BrNO.C9H5BrO3.3CH4/c15-14-17-8-6-13(19-14)18-12-3-1-10(2-4-12)11-5-7-16-9-11;13-12-15-4-3-11(17-12)16-10-2-1-8-6-14-7-9(8)5-10;1-6(13)9-4-7-2-3-8(11)5-10(7)12-9;10-6-2-1-5-3-8(9(11)12)13-7(5)4-6;;;/h1-6,8-9H,7H2,(H,17,18,19);1-5,7H,6H2,(H,15,16,17);2-5,12H,1H3;1-4H,(H,11,12);3*1H4. The molecule has 2 aliphatic rings. The number of aromatic carboxylic acids is 1. The minimum Gasteiger partial charge on any atom is -0.475 e. The maximum Gasteiger partial charge on any atom is 0.371 e. The molecule has 0 saturated carbocycles. The van der Waals surface area contributed by atoms with E-state index in [4.69, 9.17) is 32.7 Å². The van der Waals surface area contributed by atoms with Gasteiger partial charge in [-0.2, -0.15) is 0 Å². The number of carbonyl (C=O) groups is 2. The zero-order valence-electron chi connectivity index (χ0n) is 32.5. The minimum absolute atomic E-state index is 0. The van der Waals surface area contributed by atoms with Crippen LogP contribution in [-0.2, 0) is 6.54 Å². The second-order valence-corrected chi connectivity index (χ2v) is 15.9. The van der Waals surface area contributed by atoms with E-state index in [1.54, 1.807) is 43.6 Å². The number of carboxylic acid groups (broad SMARTS) is 1. The topological polar surface area (TPSA) is 184 Å². The molecule has 65 heavy (non-hydrogen) atoms. The van der Waals surface area contributed by atoms with E-state index < -0.39 is 5.97 Å². The SMILES string of the molecule is C.C.C.CC(=O)c1cc2ccc(Br)cc2[nH]1.Clc1nccc(Nc2ccc(C3=CCN=C3)cc2)n1.Clc1nccc(Nc2ccc3c(c2)C=NC3)n1.O=C(O)c1cc2ccc(Br)cc2o1. The molecule has 13 nitrogen and oxygen atoms in total. The Hall–Kier alpha value is -6.52. The molecular weight excluding hydrogens is 997 g/mol. The lowest BCUT2D eigenvalue weighted by molar-refractivity contribution is 0.0664. The van der Waals surface area contributed by atoms with Gasteiger partial charge in [0.05, 0.1) is 18.8 Å². The first kappa shape index (κ1) is 51.1. The maximum absolute atomic E-state index is 11.1. The van der Waals surface area contributed by atoms with Gasteiger partial charge < -0.3 is 25.1 Å². The largest absolute Gasteiger partial charge is 0.475 e. The van der Waals surface area contributed by atoms with E-state index >= 15 is 0 Å². The summed E-state index contributed by atoms with van der Waals surface area (Å²) in [6, 6.07) is 32.4. The van der Waals surface area contributed by atoms with Gasteiger partial charge in [-0.3, -0.25) is 14.8 Å². The highest BCUT2D eigenvalue weighted by Crippen LogP contribution is 2.25. The van der Waals surface area contributed by atoms with Crippen LogP contribution in [0.5, 0.6) is 0 Å². The number of halogens is 4. The van der Waals surface area contributed by atoms with Crippen molar-refractivity contribution < 1.29 is 19.1 Å². The highest BCUT2D eigenvalue weighted by atomic mass is 79.9. The molecule has 8 aromatic rings. The predicted molar refractivity (Wildman–Crippen MR) is 273 cm³/mol. The van der Waals surface area contributed by atoms with E-state index in [0.717, 1.165) is 66.4 Å². The average molecular weight is 1040 g/mol. The van der Waals surface area contributed by atoms with Gasteiger partial charge in [-0.25, -0.2) is 24.7 Å². The van der Waals surface area contributed by atoms with E-state index in [2.05, 4.69) is 89.5 Å². The number of anilines is 4. The number of carboxylic acids is 1. The molecule has 17 heteroatoms. The van der Waals surface area contributed by atoms with Gasteiger partial charge in [-0.15, -0.1) is 0 Å². The number of hydrogen-bond donors (Lipinski definition) is 4. The van der Waals surface area contributed by atoms with Crippen molar-refractivity contribution in [1.29, 1.82) is 0 Å². The molecule has 0 bridgehead atoms. The van der Waals surface area contributed by atoms with Crippen molar-refractivity contribution in [3.63, 3.8) is 0 Å². The van der Waals surface area contributed by atoms with Crippen LogP contribution in [0.25, 0.3) is 27.4 Å². The van der Waals surface area contributed by atoms with Gasteiger partial charge >= 0.3 is 5.97 Å². The van der Waals surface area contributed by atoms with Crippen molar-refractivity contribution in [2.45, 2.75) is 35.7 Å². The number of benzene rings is 4. The van der Waals surface area contributed by atoms with Gasteiger partial charge in [0.1, 0.15) is 17.2 Å². The number of rotatable bonds is 7. The number of aromatic nitrogens is 5. The van der Waals surface area contributed by atoms with Crippen LogP contribution >= 0.6 is 55.1 Å². The second-order valence-electron chi connectivity index (χ2n) is 13.4. The Bertz CT molecular complexity index is 2920. The van der Waals surface area contributed by atoms with Crippen LogP contribution in [0.3, 0.4) is 0 Å². The number of Topliss-reactive ketones (excluding diaryl/α,β-unsaturated/α-hetero) is 1. The van der Waals surface area contributed by atoms with Crippen molar-refractivity contribution in [2.24, 2.45) is 9.98 Å². The first-order chi connectivity index (χ1) is 29.9. The van der Waals surface area contributed by atoms with Gasteiger partial charge in [0.25, 0.3) is 0 Å². The zero-order chi connectivity index (χ0) is 43.6. The molecule has 0 amide bonds. The van der Waals surface area contributed by atoms with Crippen LogP contribution in [-0.4, -0.2) is 60.8 Å². The number of aromatic amines is 1. The van der Waals surface area contributed by atoms with Gasteiger partial charge in [0.2, 0.25) is 16.3 Å². The summed E-state index contributed by atoms with van der Waals surface area (Å²) in [5, 5.41) is 17.3. The molecule has 4 N–H and O–H groups in total. The lowest BCUT2D eigenvalue weighted by Crippen LogP contribution is -1.96. The first-order valence-electron chi connectivity index (χ1n) is 18.6. The van der Waals surface area contributed by atoms with Crippen LogP contribution in [0.15, 0.2) is 145 Å². The second kappa shape index (κ2) is 24.0. The minimum atomic E-state index is -1.05. The molecule has 0 unspecified atom stereocenters. The van der Waals surface area contributed by atoms with E-state index in [9.17, 15) is 9.59 Å². The summed E-state index contributed by atoms with van der Waals surface area (Å²) >= 11 is 18.1. The van der Waals surface area contributed by atoms with E-state index in [1.165, 1.54) is 11.6 Å². The Morgan fingerprint density at radius 1 is 0.723 bits per heavy atom. The lowest BCUT2D eigenvalue weighted by atomic mass is 10.1. The van der Waals surface area contributed by atoms with E-state index in [1.807, 2.05) is 79.2 Å². The Morgan fingerprint density at radius 3 is 1.97 bits per heavy atom. The van der Waals surface area contributed by atoms with Crippen molar-refractivity contribution in [3.8, 4) is 0 Å². The van der Waals surface area contributed by atoms with Crippen LogP contribution in [0.1, 0.15) is 66.9 Å². The maximum atomic E-state index is 11.1. The Kier molecular flexibility index (Phi) is 18.8. The van der Waals surface area contributed by atoms with Crippen molar-refractivity contribution in [3.05, 3.63) is 169 Å². The summed E-state index contributed by atoms with van der Waals surface area (Å²) < 4.78 is 6.96. The third-order valence-electron chi connectivity index (χ3n) is 8.96. The van der Waals surface area contributed by atoms with Gasteiger partial charge in [0.15, 0.2) is 5.78 Å². The lowest BCUT2D eigenvalue weighted by Gasteiger charge is -2.06. The number of fused-ring (bicyclic) bond motifs is 3. The number of nitrogens with zero attached hydrogens (tertiary/aromatic N) is 6. The molecule has 4 aromatic carbocycles. The molecule has 0 radical (unpaired) electrons. The number of allylic oxidation sites excluding steroid dienone is 1. The summed E-state index contributed by atoms with van der Waals surface area (Å²) in [4.78, 5) is 48.9. The summed E-state index contributed by atoms with van der Waals surface area (Å²) in [7, 11) is 0. The third kappa shape index (κ3) is 14.2. The molecule has 0 atom stereocenters. The molecule has 0 fully saturated rings. The molecule has 6 heterocycles. The quantitative estimate of drug-likeness (QED) is 0.0885. The molecule has 2 aliphatic heterocycles. The number of H-pyrrole nitrogens is 1. The summed E-state index contributed by atoms with van der Waals surface area (Å²) in [6.07, 6.45) is 9.12. The van der Waals surface area contributed by atoms with Crippen molar-refractivity contribution in [1.82, 2.24) is 24.9 Å². The fraction of sp³-hybridized carbons (Fsp3) is 0.125. The number of furan rings is 1.